The molecule has 0 spiro atoms. The van der Waals surface area contributed by atoms with E-state index in [1.54, 1.807) is 0 Å². The molecule has 1 atom stereocenters. The average molecular weight is 262 g/mol. The summed E-state index contributed by atoms with van der Waals surface area (Å²) in [5, 5.41) is 0. The van der Waals surface area contributed by atoms with Gasteiger partial charge in [0.2, 0.25) is 0 Å². The van der Waals surface area contributed by atoms with Crippen LogP contribution in [0.25, 0.3) is 0 Å². The van der Waals surface area contributed by atoms with Gasteiger partial charge in [-0.3, -0.25) is 4.90 Å². The van der Waals surface area contributed by atoms with Gasteiger partial charge in [0, 0.05) is 18.1 Å². The van der Waals surface area contributed by atoms with Gasteiger partial charge in [-0.2, -0.15) is 23.5 Å². The first kappa shape index (κ1) is 14.7. The number of hydrogen-bond donors (Lipinski definition) is 1. The van der Waals surface area contributed by atoms with Gasteiger partial charge >= 0.3 is 0 Å². The van der Waals surface area contributed by atoms with Crippen LogP contribution >= 0.6 is 23.5 Å². The van der Waals surface area contributed by atoms with E-state index in [9.17, 15) is 0 Å². The molecule has 2 nitrogen and oxygen atoms in total. The van der Waals surface area contributed by atoms with Crippen molar-refractivity contribution >= 4 is 23.5 Å². The molecule has 1 aliphatic heterocycles. The third kappa shape index (κ3) is 3.56. The predicted molar refractivity (Wildman–Crippen MR) is 78.6 cm³/mol. The largest absolute Gasteiger partial charge is 0.329 e. The third-order valence-electron chi connectivity index (χ3n) is 3.95. The van der Waals surface area contributed by atoms with Crippen molar-refractivity contribution in [2.75, 3.05) is 37.1 Å². The lowest BCUT2D eigenvalue weighted by molar-refractivity contribution is 0.0746. The minimum atomic E-state index is 0.281. The first-order valence-electron chi connectivity index (χ1n) is 6.16. The molecule has 0 aromatic rings. The van der Waals surface area contributed by atoms with Crippen molar-refractivity contribution in [3.8, 4) is 0 Å². The Morgan fingerprint density at radius 2 is 2.06 bits per heavy atom. The molecule has 4 heteroatoms. The summed E-state index contributed by atoms with van der Waals surface area (Å²) in [5.74, 6) is 3.80. The van der Waals surface area contributed by atoms with Crippen molar-refractivity contribution in [2.24, 2.45) is 5.73 Å². The van der Waals surface area contributed by atoms with Gasteiger partial charge in [-0.15, -0.1) is 0 Å². The van der Waals surface area contributed by atoms with Crippen molar-refractivity contribution < 1.29 is 0 Å². The molecule has 0 aromatic carbocycles. The predicted octanol–water partition coefficient (Wildman–Crippen LogP) is 2.28. The zero-order valence-electron chi connectivity index (χ0n) is 10.9. The van der Waals surface area contributed by atoms with Gasteiger partial charge < -0.3 is 5.73 Å². The summed E-state index contributed by atoms with van der Waals surface area (Å²) >= 11 is 4.01. The van der Waals surface area contributed by atoms with Gasteiger partial charge in [-0.25, -0.2) is 0 Å². The lowest BCUT2D eigenvalue weighted by Crippen LogP contribution is -2.57. The molecule has 0 aliphatic carbocycles. The smallest absolute Gasteiger partial charge is 0.0347 e. The minimum Gasteiger partial charge on any atom is -0.329 e. The van der Waals surface area contributed by atoms with E-state index in [1.165, 1.54) is 36.5 Å². The zero-order chi connectivity index (χ0) is 12.0. The highest BCUT2D eigenvalue weighted by Crippen LogP contribution is 2.32. The average Bonchev–Trinajstić information content (AvgIpc) is 2.35. The van der Waals surface area contributed by atoms with E-state index in [0.29, 0.717) is 6.04 Å². The molecular formula is C12H26N2S2. The van der Waals surface area contributed by atoms with Crippen LogP contribution in [0.15, 0.2) is 0 Å². The van der Waals surface area contributed by atoms with E-state index < -0.39 is 0 Å². The molecule has 2 N–H and O–H groups in total. The lowest BCUT2D eigenvalue weighted by Gasteiger charge is -2.46. The summed E-state index contributed by atoms with van der Waals surface area (Å²) in [4.78, 5) is 2.56. The number of nitrogens with zero attached hydrogens (tertiary/aromatic N) is 1. The highest BCUT2D eigenvalue weighted by Gasteiger charge is 2.36. The SMILES string of the molecule is CSCCC(C)N(C)C1(CN)CCSCC1. The first-order chi connectivity index (χ1) is 7.66. The maximum absolute atomic E-state index is 6.05. The highest BCUT2D eigenvalue weighted by atomic mass is 32.2. The fourth-order valence-electron chi connectivity index (χ4n) is 2.40. The van der Waals surface area contributed by atoms with E-state index in [-0.39, 0.29) is 5.54 Å². The summed E-state index contributed by atoms with van der Waals surface area (Å²) in [6.07, 6.45) is 5.97. The van der Waals surface area contributed by atoms with E-state index in [0.717, 1.165) is 6.54 Å². The molecule has 0 saturated carbocycles. The van der Waals surface area contributed by atoms with Crippen LogP contribution in [0.1, 0.15) is 26.2 Å². The Labute approximate surface area is 109 Å². The number of rotatable bonds is 6. The second-order valence-electron chi connectivity index (χ2n) is 4.78. The molecule has 0 aromatic heterocycles. The van der Waals surface area contributed by atoms with Crippen LogP contribution in [0, 0.1) is 0 Å². The topological polar surface area (TPSA) is 29.3 Å². The molecule has 0 radical (unpaired) electrons. The Hall–Kier alpha value is 0.620. The second-order valence-corrected chi connectivity index (χ2v) is 6.99. The second kappa shape index (κ2) is 7.14. The zero-order valence-corrected chi connectivity index (χ0v) is 12.5. The number of likely N-dealkylation sites (N-methyl/N-ethyl adjacent to an activating group) is 1. The van der Waals surface area contributed by atoms with E-state index in [2.05, 4.69) is 36.9 Å². The van der Waals surface area contributed by atoms with E-state index in [1.807, 2.05) is 11.8 Å². The highest BCUT2D eigenvalue weighted by molar-refractivity contribution is 7.99. The Morgan fingerprint density at radius 1 is 1.44 bits per heavy atom. The van der Waals surface area contributed by atoms with Crippen LogP contribution in [0.3, 0.4) is 0 Å². The lowest BCUT2D eigenvalue weighted by atomic mass is 9.89. The molecule has 0 amide bonds. The van der Waals surface area contributed by atoms with Gasteiger partial charge in [0.25, 0.3) is 0 Å². The molecule has 96 valence electrons. The molecule has 0 bridgehead atoms. The van der Waals surface area contributed by atoms with Crippen LogP contribution in [0.2, 0.25) is 0 Å². The van der Waals surface area contributed by atoms with Crippen molar-refractivity contribution in [1.29, 1.82) is 0 Å². The Bertz CT molecular complexity index is 193. The number of thioether (sulfide) groups is 2. The fourth-order valence-corrected chi connectivity index (χ4v) is 4.23. The minimum absolute atomic E-state index is 0.281. The first-order valence-corrected chi connectivity index (χ1v) is 8.71. The van der Waals surface area contributed by atoms with Crippen LogP contribution in [0.5, 0.6) is 0 Å². The van der Waals surface area contributed by atoms with Crippen LogP contribution in [-0.4, -0.2) is 53.6 Å². The molecular weight excluding hydrogens is 236 g/mol. The number of nitrogens with two attached hydrogens (primary N) is 1. The van der Waals surface area contributed by atoms with Crippen LogP contribution in [-0.2, 0) is 0 Å². The number of hydrogen-bond acceptors (Lipinski definition) is 4. The van der Waals surface area contributed by atoms with Crippen molar-refractivity contribution in [2.45, 2.75) is 37.8 Å². The van der Waals surface area contributed by atoms with Crippen molar-refractivity contribution in [3.63, 3.8) is 0 Å². The molecule has 16 heavy (non-hydrogen) atoms. The molecule has 1 rings (SSSR count). The summed E-state index contributed by atoms with van der Waals surface area (Å²) in [5.41, 5.74) is 6.33. The van der Waals surface area contributed by atoms with Crippen molar-refractivity contribution in [1.82, 2.24) is 4.90 Å². The Kier molecular flexibility index (Phi) is 6.55. The third-order valence-corrected chi connectivity index (χ3v) is 5.58. The summed E-state index contributed by atoms with van der Waals surface area (Å²) in [7, 11) is 2.27. The monoisotopic (exact) mass is 262 g/mol. The molecule has 1 unspecified atom stereocenters. The van der Waals surface area contributed by atoms with Gasteiger partial charge in [0.05, 0.1) is 0 Å². The molecule has 1 heterocycles. The maximum Gasteiger partial charge on any atom is 0.0347 e. The van der Waals surface area contributed by atoms with Crippen LogP contribution < -0.4 is 5.73 Å². The van der Waals surface area contributed by atoms with Crippen molar-refractivity contribution in [3.05, 3.63) is 0 Å². The quantitative estimate of drug-likeness (QED) is 0.795. The standard InChI is InChI=1S/C12H26N2S2/c1-11(4-7-15-3)14(2)12(10-13)5-8-16-9-6-12/h11H,4-10,13H2,1-3H3. The summed E-state index contributed by atoms with van der Waals surface area (Å²) in [6, 6.07) is 0.652. The summed E-state index contributed by atoms with van der Waals surface area (Å²) in [6.45, 7) is 3.16. The maximum atomic E-state index is 6.05. The van der Waals surface area contributed by atoms with Gasteiger partial charge in [0.1, 0.15) is 0 Å². The normalized spacial score (nSPS) is 22.3. The fraction of sp³-hybridized carbons (Fsp3) is 1.00. The summed E-state index contributed by atoms with van der Waals surface area (Å²) < 4.78 is 0. The Morgan fingerprint density at radius 3 is 2.56 bits per heavy atom. The Balaban J connectivity index is 2.56. The van der Waals surface area contributed by atoms with Gasteiger partial charge in [-0.05, 0) is 56.7 Å². The van der Waals surface area contributed by atoms with E-state index >= 15 is 0 Å². The molecule has 1 fully saturated rings. The van der Waals surface area contributed by atoms with Gasteiger partial charge in [0.15, 0.2) is 0 Å². The molecule has 1 saturated heterocycles. The molecule has 1 aliphatic rings. The van der Waals surface area contributed by atoms with Crippen LogP contribution in [0.4, 0.5) is 0 Å². The van der Waals surface area contributed by atoms with Gasteiger partial charge in [-0.1, -0.05) is 0 Å². The van der Waals surface area contributed by atoms with E-state index in [4.69, 9.17) is 5.73 Å².